The van der Waals surface area contributed by atoms with Gasteiger partial charge in [0.05, 0.1) is 43.5 Å². The van der Waals surface area contributed by atoms with Crippen LogP contribution in [-0.4, -0.2) is 149 Å². The molecule has 4 bridgehead atoms. The van der Waals surface area contributed by atoms with Crippen LogP contribution in [0.15, 0.2) is 24.3 Å². The van der Waals surface area contributed by atoms with Crippen molar-refractivity contribution in [3.05, 3.63) is 24.3 Å². The molecular formula is C43H68O16. The summed E-state index contributed by atoms with van der Waals surface area (Å²) in [6, 6.07) is 0. The zero-order chi connectivity index (χ0) is 43.4. The number of carbonyl (C=O) groups excluding carboxylic acids is 3. The third-order valence-electron chi connectivity index (χ3n) is 12.6. The molecule has 5 aliphatic heterocycles. The van der Waals surface area contributed by atoms with Gasteiger partial charge in [0, 0.05) is 65.5 Å². The molecule has 59 heavy (non-hydrogen) atoms. The Labute approximate surface area is 348 Å². The zero-order valence-corrected chi connectivity index (χ0v) is 36.7. The van der Waals surface area contributed by atoms with E-state index in [2.05, 4.69) is 13.8 Å². The molecule has 0 radical (unpaired) electrons. The molecule has 0 saturated carbocycles. The van der Waals surface area contributed by atoms with Gasteiger partial charge in [0.1, 0.15) is 36.6 Å². The van der Waals surface area contributed by atoms with Crippen molar-refractivity contribution >= 4 is 17.7 Å². The molecule has 5 aliphatic rings. The first kappa shape index (κ1) is 47.7. The summed E-state index contributed by atoms with van der Waals surface area (Å²) in [6.07, 6.45) is -2.76. The van der Waals surface area contributed by atoms with Gasteiger partial charge in [-0.25, -0.2) is 0 Å². The Balaban J connectivity index is 1.42. The second-order valence-electron chi connectivity index (χ2n) is 17.5. The molecule has 5 saturated heterocycles. The van der Waals surface area contributed by atoms with E-state index in [-0.39, 0.29) is 25.9 Å². The Hall–Kier alpha value is -2.35. The van der Waals surface area contributed by atoms with Gasteiger partial charge in [-0.15, -0.1) is 0 Å². The van der Waals surface area contributed by atoms with Crippen LogP contribution in [0.5, 0.6) is 0 Å². The van der Waals surface area contributed by atoms with Crippen molar-refractivity contribution in [1.82, 2.24) is 0 Å². The molecule has 0 spiro atoms. The molecule has 0 aliphatic carbocycles. The van der Waals surface area contributed by atoms with Crippen molar-refractivity contribution in [1.29, 1.82) is 0 Å². The SMILES string of the molecule is CO[C@H]1[C@H](OC)[C@H](O[C@@H]2[C@@H](OC)[C@H](O[C@H]3C[C@H]4CC(=O)[C@]5(O)O[C@H](C[C@H]5C)C(C)(C)[C@@H](/C=C/C=C/C(C)C)OC(=O)C[C@H](O4)[C@@H]3C)OC[C@H]2OC(C)=O)O[C@@H](C)[C@H]1OC. The molecular weight excluding hydrogens is 772 g/mol. The average molecular weight is 841 g/mol. The quantitative estimate of drug-likeness (QED) is 0.221. The van der Waals surface area contributed by atoms with Gasteiger partial charge in [0.2, 0.25) is 5.79 Å². The second kappa shape index (κ2) is 20.2. The molecule has 0 amide bonds. The van der Waals surface area contributed by atoms with E-state index < -0.39 is 127 Å². The Morgan fingerprint density at radius 1 is 0.831 bits per heavy atom. The second-order valence-corrected chi connectivity index (χ2v) is 17.5. The molecule has 5 heterocycles. The fourth-order valence-electron chi connectivity index (χ4n) is 8.96. The van der Waals surface area contributed by atoms with E-state index in [0.717, 1.165) is 0 Å². The highest BCUT2D eigenvalue weighted by Gasteiger charge is 2.57. The topological polar surface area (TPSA) is 182 Å². The fourth-order valence-corrected chi connectivity index (χ4v) is 8.96. The highest BCUT2D eigenvalue weighted by atomic mass is 16.8. The number of aliphatic hydroxyl groups is 1. The molecule has 5 fully saturated rings. The highest BCUT2D eigenvalue weighted by molar-refractivity contribution is 5.86. The van der Waals surface area contributed by atoms with Crippen molar-refractivity contribution in [2.75, 3.05) is 35.0 Å². The normalized spacial score (nSPS) is 43.3. The van der Waals surface area contributed by atoms with Gasteiger partial charge in [0.25, 0.3) is 0 Å². The summed E-state index contributed by atoms with van der Waals surface area (Å²) in [6.45, 7) is 14.7. The van der Waals surface area contributed by atoms with Crippen LogP contribution in [0.3, 0.4) is 0 Å². The minimum atomic E-state index is -2.07. The lowest BCUT2D eigenvalue weighted by Gasteiger charge is -2.48. The predicted octanol–water partition coefficient (Wildman–Crippen LogP) is 3.83. The lowest BCUT2D eigenvalue weighted by molar-refractivity contribution is -0.358. The minimum absolute atomic E-state index is 0.112. The number of hydrogen-bond donors (Lipinski definition) is 1. The Kier molecular flexibility index (Phi) is 16.4. The predicted molar refractivity (Wildman–Crippen MR) is 210 cm³/mol. The first-order valence-corrected chi connectivity index (χ1v) is 20.9. The molecule has 17 atom stereocenters. The smallest absolute Gasteiger partial charge is 0.309 e. The Morgan fingerprint density at radius 3 is 2.12 bits per heavy atom. The lowest BCUT2D eigenvalue weighted by atomic mass is 9.77. The van der Waals surface area contributed by atoms with Crippen LogP contribution in [0.25, 0.3) is 0 Å². The number of rotatable bonds is 12. The number of allylic oxidation sites excluding steroid dienone is 3. The first-order chi connectivity index (χ1) is 27.9. The maximum absolute atomic E-state index is 14.1. The van der Waals surface area contributed by atoms with E-state index in [1.165, 1.54) is 21.1 Å². The molecule has 0 aromatic carbocycles. The van der Waals surface area contributed by atoms with Crippen LogP contribution in [0.1, 0.15) is 81.1 Å². The van der Waals surface area contributed by atoms with Gasteiger partial charge in [-0.05, 0) is 25.3 Å². The summed E-state index contributed by atoms with van der Waals surface area (Å²) in [7, 11) is 6.08. The van der Waals surface area contributed by atoms with E-state index in [0.29, 0.717) is 12.3 Å². The first-order valence-electron chi connectivity index (χ1n) is 20.9. The summed E-state index contributed by atoms with van der Waals surface area (Å²) in [5.74, 6) is -4.27. The third-order valence-corrected chi connectivity index (χ3v) is 12.6. The number of esters is 2. The summed E-state index contributed by atoms with van der Waals surface area (Å²) >= 11 is 0. The van der Waals surface area contributed by atoms with Gasteiger partial charge in [-0.2, -0.15) is 0 Å². The van der Waals surface area contributed by atoms with Gasteiger partial charge in [0.15, 0.2) is 24.5 Å². The number of Topliss-reactive ketones (excluding diaryl/α,β-unsaturated/α-hetero) is 1. The summed E-state index contributed by atoms with van der Waals surface area (Å²) in [5, 5.41) is 11.9. The molecule has 16 nitrogen and oxygen atoms in total. The van der Waals surface area contributed by atoms with Crippen LogP contribution < -0.4 is 0 Å². The standard InChI is InChI=1S/C43H68O16/c1-22(2)15-13-14-16-32-42(7,8)33-17-23(3)43(47,59-33)31(45)19-27-18-28(24(4)29(55-27)20-34(46)57-32)56-40-38(50-11)36(30(21-52-40)54-26(6)44)58-41-39(51-12)37(49-10)35(48-9)25(5)53-41/h13-16,22-25,27-30,32-33,35-41,47H,17-21H2,1-12H3/b15-13+,16-14+/t23-,24-,25+,27+,28+,29+,30-,32-,33-,35-,36+,37-,38-,39+,40+,41+,43-/m1/s1. The Bertz CT molecular complexity index is 1480. The molecule has 5 rings (SSSR count). The molecule has 1 N–H and O–H groups in total. The molecule has 0 aromatic rings. The van der Waals surface area contributed by atoms with Crippen LogP contribution in [0.4, 0.5) is 0 Å². The number of carbonyl (C=O) groups is 3. The fraction of sp³-hybridized carbons (Fsp3) is 0.837. The van der Waals surface area contributed by atoms with Gasteiger partial charge < -0.3 is 61.9 Å². The maximum atomic E-state index is 14.1. The summed E-state index contributed by atoms with van der Waals surface area (Å²) in [4.78, 5) is 40.3. The number of ketones is 1. The van der Waals surface area contributed by atoms with Crippen molar-refractivity contribution < 1.29 is 76.3 Å². The Morgan fingerprint density at radius 2 is 1.49 bits per heavy atom. The number of fused-ring (bicyclic) bond motifs is 4. The van der Waals surface area contributed by atoms with Crippen LogP contribution in [0, 0.1) is 23.2 Å². The van der Waals surface area contributed by atoms with E-state index in [1.54, 1.807) is 21.1 Å². The molecule has 0 aromatic heterocycles. The van der Waals surface area contributed by atoms with Gasteiger partial charge in [-0.3, -0.25) is 14.4 Å². The van der Waals surface area contributed by atoms with Crippen molar-refractivity contribution in [2.45, 2.75) is 173 Å². The van der Waals surface area contributed by atoms with E-state index in [9.17, 15) is 19.5 Å². The zero-order valence-electron chi connectivity index (χ0n) is 36.7. The maximum Gasteiger partial charge on any atom is 0.309 e. The van der Waals surface area contributed by atoms with Gasteiger partial charge >= 0.3 is 11.9 Å². The molecule has 16 heteroatoms. The van der Waals surface area contributed by atoms with Crippen molar-refractivity contribution in [3.63, 3.8) is 0 Å². The van der Waals surface area contributed by atoms with Gasteiger partial charge in [-0.1, -0.05) is 59.8 Å². The van der Waals surface area contributed by atoms with Crippen molar-refractivity contribution in [3.8, 4) is 0 Å². The van der Waals surface area contributed by atoms with E-state index in [4.69, 9.17) is 56.8 Å². The monoisotopic (exact) mass is 840 g/mol. The summed E-state index contributed by atoms with van der Waals surface area (Å²) < 4.78 is 73.7. The third kappa shape index (κ3) is 10.6. The summed E-state index contributed by atoms with van der Waals surface area (Å²) in [5.41, 5.74) is -0.811. The van der Waals surface area contributed by atoms with Crippen LogP contribution in [0.2, 0.25) is 0 Å². The van der Waals surface area contributed by atoms with Crippen LogP contribution >= 0.6 is 0 Å². The average Bonchev–Trinajstić information content (AvgIpc) is 3.50. The molecule has 0 unspecified atom stereocenters. The van der Waals surface area contributed by atoms with Crippen LogP contribution in [-0.2, 0) is 71.2 Å². The van der Waals surface area contributed by atoms with E-state index in [1.807, 2.05) is 52.0 Å². The van der Waals surface area contributed by atoms with Crippen molar-refractivity contribution in [2.24, 2.45) is 23.2 Å². The number of methoxy groups -OCH3 is 4. The number of hydrogen-bond acceptors (Lipinski definition) is 16. The lowest BCUT2D eigenvalue weighted by Crippen LogP contribution is -2.64. The number of ether oxygens (including phenoxy) is 12. The van der Waals surface area contributed by atoms with E-state index >= 15 is 0 Å². The largest absolute Gasteiger partial charge is 0.457 e. The minimum Gasteiger partial charge on any atom is -0.457 e. The highest BCUT2D eigenvalue weighted by Crippen LogP contribution is 2.46. The number of cyclic esters (lactones) is 1. The molecule has 336 valence electrons.